The van der Waals surface area contributed by atoms with Crippen LogP contribution in [-0.2, 0) is 0 Å². The fraction of sp³-hybridized carbons (Fsp3) is 0.333. The van der Waals surface area contributed by atoms with Gasteiger partial charge in [0.1, 0.15) is 5.52 Å². The number of alkyl halides is 2. The molecule has 7 heteroatoms. The standard InChI is InChI=1S/C9H8F2N4O/c10-9(11)4-14(5-9)8-12-7(16)6-2-1-3-15(6)13-8/h1-3H,4-5H2,(H,12,13,16). The van der Waals surface area contributed by atoms with Gasteiger partial charge in [0.25, 0.3) is 11.5 Å². The van der Waals surface area contributed by atoms with Crippen LogP contribution >= 0.6 is 0 Å². The number of rotatable bonds is 1. The van der Waals surface area contributed by atoms with Crippen LogP contribution in [0.25, 0.3) is 5.52 Å². The minimum atomic E-state index is -2.68. The zero-order chi connectivity index (χ0) is 11.3. The summed E-state index contributed by atoms with van der Waals surface area (Å²) in [6.07, 6.45) is 1.60. The molecule has 2 aromatic heterocycles. The summed E-state index contributed by atoms with van der Waals surface area (Å²) in [6, 6.07) is 3.28. The summed E-state index contributed by atoms with van der Waals surface area (Å²) in [5, 5.41) is 4.04. The number of H-pyrrole nitrogens is 1. The van der Waals surface area contributed by atoms with Crippen molar-refractivity contribution >= 4 is 11.5 Å². The Labute approximate surface area is 88.3 Å². The lowest BCUT2D eigenvalue weighted by molar-refractivity contribution is -0.0273. The SMILES string of the molecule is O=c1[nH]c(N2CC(F)(F)C2)nn2cccc12. The maximum atomic E-state index is 12.7. The largest absolute Gasteiger partial charge is 0.329 e. The molecule has 2 aromatic rings. The van der Waals surface area contributed by atoms with Crippen LogP contribution in [0.3, 0.4) is 0 Å². The van der Waals surface area contributed by atoms with Gasteiger partial charge in [0, 0.05) is 6.20 Å². The third-order valence-corrected chi connectivity index (χ3v) is 2.53. The molecule has 1 aliphatic rings. The van der Waals surface area contributed by atoms with E-state index in [-0.39, 0.29) is 11.5 Å². The average Bonchev–Trinajstić information content (AvgIpc) is 2.62. The summed E-state index contributed by atoms with van der Waals surface area (Å²) in [7, 11) is 0. The molecule has 1 fully saturated rings. The van der Waals surface area contributed by atoms with E-state index in [9.17, 15) is 13.6 Å². The Morgan fingerprint density at radius 1 is 1.44 bits per heavy atom. The molecule has 16 heavy (non-hydrogen) atoms. The molecule has 1 aliphatic heterocycles. The quantitative estimate of drug-likeness (QED) is 0.769. The van der Waals surface area contributed by atoms with Crippen LogP contribution in [0.1, 0.15) is 0 Å². The molecule has 0 amide bonds. The number of anilines is 1. The second-order valence-electron chi connectivity index (χ2n) is 3.83. The summed E-state index contributed by atoms with van der Waals surface area (Å²) in [5.74, 6) is -2.50. The zero-order valence-corrected chi connectivity index (χ0v) is 8.15. The maximum absolute atomic E-state index is 12.7. The van der Waals surface area contributed by atoms with Gasteiger partial charge in [0.05, 0.1) is 13.1 Å². The van der Waals surface area contributed by atoms with Gasteiger partial charge < -0.3 is 4.90 Å². The molecule has 0 aromatic carbocycles. The molecular weight excluding hydrogens is 218 g/mol. The lowest BCUT2D eigenvalue weighted by Crippen LogP contribution is -2.57. The Morgan fingerprint density at radius 3 is 2.88 bits per heavy atom. The van der Waals surface area contributed by atoms with Crippen molar-refractivity contribution in [3.63, 3.8) is 0 Å². The van der Waals surface area contributed by atoms with Gasteiger partial charge in [-0.05, 0) is 12.1 Å². The molecule has 1 N–H and O–H groups in total. The van der Waals surface area contributed by atoms with Crippen LogP contribution in [0, 0.1) is 0 Å². The summed E-state index contributed by atoms with van der Waals surface area (Å²) in [6.45, 7) is -0.800. The molecule has 84 valence electrons. The fourth-order valence-corrected chi connectivity index (χ4v) is 1.74. The Kier molecular flexibility index (Phi) is 1.63. The number of nitrogens with zero attached hydrogens (tertiary/aromatic N) is 3. The first-order valence-electron chi connectivity index (χ1n) is 4.76. The molecule has 1 saturated heterocycles. The van der Waals surface area contributed by atoms with Gasteiger partial charge in [-0.2, -0.15) is 0 Å². The van der Waals surface area contributed by atoms with E-state index in [4.69, 9.17) is 0 Å². The lowest BCUT2D eigenvalue weighted by atomic mass is 10.2. The van der Waals surface area contributed by atoms with Gasteiger partial charge >= 0.3 is 0 Å². The number of aromatic nitrogens is 3. The summed E-state index contributed by atoms with van der Waals surface area (Å²) in [5.41, 5.74) is 0.0706. The molecular formula is C9H8F2N4O. The highest BCUT2D eigenvalue weighted by atomic mass is 19.3. The van der Waals surface area contributed by atoms with Gasteiger partial charge in [0.15, 0.2) is 0 Å². The second-order valence-corrected chi connectivity index (χ2v) is 3.83. The fourth-order valence-electron chi connectivity index (χ4n) is 1.74. The lowest BCUT2D eigenvalue weighted by Gasteiger charge is -2.38. The van der Waals surface area contributed by atoms with Crippen molar-refractivity contribution in [3.05, 3.63) is 28.7 Å². The van der Waals surface area contributed by atoms with Crippen LogP contribution in [0.2, 0.25) is 0 Å². The van der Waals surface area contributed by atoms with E-state index in [1.54, 1.807) is 18.3 Å². The second kappa shape index (κ2) is 2.81. The van der Waals surface area contributed by atoms with Crippen molar-refractivity contribution in [3.8, 4) is 0 Å². The molecule has 0 bridgehead atoms. The molecule has 0 spiro atoms. The number of halogens is 2. The van der Waals surface area contributed by atoms with Crippen LogP contribution in [0.5, 0.6) is 0 Å². The highest BCUT2D eigenvalue weighted by molar-refractivity contribution is 5.46. The minimum Gasteiger partial charge on any atom is -0.329 e. The predicted molar refractivity (Wildman–Crippen MR) is 53.0 cm³/mol. The first kappa shape index (κ1) is 9.32. The van der Waals surface area contributed by atoms with Crippen LogP contribution < -0.4 is 10.5 Å². The number of hydrogen-bond acceptors (Lipinski definition) is 3. The van der Waals surface area contributed by atoms with Crippen LogP contribution in [-0.4, -0.2) is 33.6 Å². The van der Waals surface area contributed by atoms with Crippen molar-refractivity contribution in [2.45, 2.75) is 5.92 Å². The van der Waals surface area contributed by atoms with E-state index in [1.807, 2.05) is 0 Å². The van der Waals surface area contributed by atoms with Gasteiger partial charge in [-0.25, -0.2) is 13.3 Å². The number of hydrogen-bond donors (Lipinski definition) is 1. The summed E-state index contributed by atoms with van der Waals surface area (Å²) >= 11 is 0. The average molecular weight is 226 g/mol. The van der Waals surface area contributed by atoms with Crippen molar-refractivity contribution in [1.82, 2.24) is 14.6 Å². The van der Waals surface area contributed by atoms with E-state index in [1.165, 1.54) is 9.42 Å². The third kappa shape index (κ3) is 1.28. The smallest absolute Gasteiger partial charge is 0.282 e. The van der Waals surface area contributed by atoms with Crippen LogP contribution in [0.15, 0.2) is 23.1 Å². The predicted octanol–water partition coefficient (Wildman–Crippen LogP) is 0.478. The maximum Gasteiger partial charge on any atom is 0.282 e. The molecule has 3 heterocycles. The Bertz CT molecular complexity index is 595. The topological polar surface area (TPSA) is 53.4 Å². The van der Waals surface area contributed by atoms with E-state index in [0.29, 0.717) is 5.52 Å². The number of fused-ring (bicyclic) bond motifs is 1. The highest BCUT2D eigenvalue weighted by Crippen LogP contribution is 2.28. The molecule has 3 rings (SSSR count). The number of nitrogens with one attached hydrogen (secondary N) is 1. The molecule has 5 nitrogen and oxygen atoms in total. The van der Waals surface area contributed by atoms with Gasteiger partial charge in [0.2, 0.25) is 5.95 Å². The van der Waals surface area contributed by atoms with E-state index < -0.39 is 19.0 Å². The first-order valence-corrected chi connectivity index (χ1v) is 4.76. The normalized spacial score (nSPS) is 18.8. The Balaban J connectivity index is 2.03. The van der Waals surface area contributed by atoms with Crippen molar-refractivity contribution < 1.29 is 8.78 Å². The van der Waals surface area contributed by atoms with E-state index >= 15 is 0 Å². The van der Waals surface area contributed by atoms with Crippen molar-refractivity contribution in [2.75, 3.05) is 18.0 Å². The zero-order valence-electron chi connectivity index (χ0n) is 8.15. The molecule has 0 aliphatic carbocycles. The molecule has 0 radical (unpaired) electrons. The molecule has 0 atom stereocenters. The molecule has 0 saturated carbocycles. The summed E-state index contributed by atoms with van der Waals surface area (Å²) in [4.78, 5) is 15.4. The Hall–Kier alpha value is -1.92. The van der Waals surface area contributed by atoms with Crippen molar-refractivity contribution in [1.29, 1.82) is 0 Å². The monoisotopic (exact) mass is 226 g/mol. The van der Waals surface area contributed by atoms with E-state index in [0.717, 1.165) is 0 Å². The number of aromatic amines is 1. The summed E-state index contributed by atoms with van der Waals surface area (Å²) < 4.78 is 26.7. The highest BCUT2D eigenvalue weighted by Gasteiger charge is 2.45. The Morgan fingerprint density at radius 2 is 2.19 bits per heavy atom. The van der Waals surface area contributed by atoms with Gasteiger partial charge in [-0.3, -0.25) is 9.78 Å². The first-order chi connectivity index (χ1) is 7.55. The van der Waals surface area contributed by atoms with Crippen LogP contribution in [0.4, 0.5) is 14.7 Å². The van der Waals surface area contributed by atoms with Gasteiger partial charge in [-0.15, -0.1) is 5.10 Å². The molecule has 0 unspecified atom stereocenters. The van der Waals surface area contributed by atoms with Gasteiger partial charge in [-0.1, -0.05) is 0 Å². The van der Waals surface area contributed by atoms with Crippen molar-refractivity contribution in [2.24, 2.45) is 0 Å². The minimum absolute atomic E-state index is 0.180. The third-order valence-electron chi connectivity index (χ3n) is 2.53. The van der Waals surface area contributed by atoms with E-state index in [2.05, 4.69) is 10.1 Å².